The Morgan fingerprint density at radius 2 is 1.79 bits per heavy atom. The van der Waals surface area contributed by atoms with Crippen LogP contribution in [0.3, 0.4) is 0 Å². The average Bonchev–Trinajstić information content (AvgIpc) is 2.32. The highest BCUT2D eigenvalue weighted by Gasteiger charge is 2.23. The number of hydrogen-bond donors (Lipinski definition) is 1. The van der Waals surface area contributed by atoms with Crippen LogP contribution in [0.15, 0.2) is 24.3 Å². The largest absolute Gasteiger partial charge is 0.314 e. The van der Waals surface area contributed by atoms with Gasteiger partial charge in [0.05, 0.1) is 11.0 Å². The van der Waals surface area contributed by atoms with Gasteiger partial charge in [-0.1, -0.05) is 30.7 Å². The Bertz CT molecular complexity index is 485. The van der Waals surface area contributed by atoms with Crippen LogP contribution in [0.4, 0.5) is 0 Å². The van der Waals surface area contributed by atoms with Crippen LogP contribution < -0.4 is 5.32 Å². The second-order valence-electron chi connectivity index (χ2n) is 4.94. The maximum absolute atomic E-state index is 12.3. The summed E-state index contributed by atoms with van der Waals surface area (Å²) in [7, 11) is -3.12. The van der Waals surface area contributed by atoms with E-state index >= 15 is 0 Å². The normalized spacial score (nSPS) is 15.2. The number of rotatable bonds is 7. The molecule has 108 valence electrons. The van der Waals surface area contributed by atoms with Gasteiger partial charge in [0.15, 0.2) is 9.84 Å². The van der Waals surface area contributed by atoms with Gasteiger partial charge in [0.2, 0.25) is 0 Å². The maximum Gasteiger partial charge on any atom is 0.157 e. The lowest BCUT2D eigenvalue weighted by molar-refractivity contribution is 0.509. The summed E-state index contributed by atoms with van der Waals surface area (Å²) in [5.41, 5.74) is 0.785. The molecule has 2 unspecified atom stereocenters. The van der Waals surface area contributed by atoms with Crippen molar-refractivity contribution in [2.45, 2.75) is 44.2 Å². The van der Waals surface area contributed by atoms with E-state index in [9.17, 15) is 8.42 Å². The van der Waals surface area contributed by atoms with Crippen molar-refractivity contribution in [1.82, 2.24) is 5.32 Å². The number of nitrogens with one attached hydrogen (secondary N) is 1. The first-order valence-electron chi connectivity index (χ1n) is 6.54. The van der Waals surface area contributed by atoms with Gasteiger partial charge in [-0.15, -0.1) is 0 Å². The summed E-state index contributed by atoms with van der Waals surface area (Å²) in [6.07, 6.45) is 0.629. The molecule has 1 rings (SSSR count). The number of sulfone groups is 1. The summed E-state index contributed by atoms with van der Waals surface area (Å²) < 4.78 is 24.5. The molecule has 0 aliphatic heterocycles. The standard InChI is InChI=1S/C14H22ClNO2S/c1-4-16-11(2)9-12(3)19(17,18)10-13-5-7-14(15)8-6-13/h5-8,11-12,16H,4,9-10H2,1-3H3. The lowest BCUT2D eigenvalue weighted by Gasteiger charge is -2.18. The minimum Gasteiger partial charge on any atom is -0.314 e. The molecule has 5 heteroatoms. The van der Waals surface area contributed by atoms with Crippen molar-refractivity contribution in [2.24, 2.45) is 0 Å². The van der Waals surface area contributed by atoms with Gasteiger partial charge in [-0.25, -0.2) is 8.42 Å². The van der Waals surface area contributed by atoms with E-state index in [-0.39, 0.29) is 17.0 Å². The second-order valence-corrected chi connectivity index (χ2v) is 7.79. The van der Waals surface area contributed by atoms with Crippen LogP contribution in [0, 0.1) is 0 Å². The quantitative estimate of drug-likeness (QED) is 0.842. The zero-order valence-corrected chi connectivity index (χ0v) is 13.3. The first kappa shape index (κ1) is 16.5. The third-order valence-corrected chi connectivity index (χ3v) is 5.54. The molecule has 1 aromatic carbocycles. The summed E-state index contributed by atoms with van der Waals surface area (Å²) in [4.78, 5) is 0. The summed E-state index contributed by atoms with van der Waals surface area (Å²) in [6.45, 7) is 6.66. The van der Waals surface area contributed by atoms with Gasteiger partial charge in [0, 0.05) is 11.1 Å². The van der Waals surface area contributed by atoms with Gasteiger partial charge in [-0.3, -0.25) is 0 Å². The molecule has 0 fully saturated rings. The van der Waals surface area contributed by atoms with Gasteiger partial charge in [0.25, 0.3) is 0 Å². The molecule has 0 radical (unpaired) electrons. The van der Waals surface area contributed by atoms with E-state index in [1.807, 2.05) is 13.8 Å². The molecule has 0 heterocycles. The predicted octanol–water partition coefficient (Wildman–Crippen LogP) is 3.03. The fraction of sp³-hybridized carbons (Fsp3) is 0.571. The van der Waals surface area contributed by atoms with Crippen molar-refractivity contribution in [3.63, 3.8) is 0 Å². The molecular formula is C14H22ClNO2S. The average molecular weight is 304 g/mol. The minimum absolute atomic E-state index is 0.0736. The molecule has 0 aliphatic carbocycles. The van der Waals surface area contributed by atoms with Crippen molar-refractivity contribution in [3.05, 3.63) is 34.9 Å². The Hall–Kier alpha value is -0.580. The molecule has 1 aromatic rings. The fourth-order valence-electron chi connectivity index (χ4n) is 2.03. The smallest absolute Gasteiger partial charge is 0.157 e. The van der Waals surface area contributed by atoms with Crippen LogP contribution in [0.1, 0.15) is 32.8 Å². The summed E-state index contributed by atoms with van der Waals surface area (Å²) in [6, 6.07) is 7.18. The summed E-state index contributed by atoms with van der Waals surface area (Å²) >= 11 is 5.79. The minimum atomic E-state index is -3.12. The van der Waals surface area contributed by atoms with Crippen molar-refractivity contribution >= 4 is 21.4 Å². The van der Waals surface area contributed by atoms with E-state index in [1.165, 1.54) is 0 Å². The predicted molar refractivity (Wildman–Crippen MR) is 81.3 cm³/mol. The molecule has 0 amide bonds. The molecule has 0 aromatic heterocycles. The van der Waals surface area contributed by atoms with Gasteiger partial charge < -0.3 is 5.32 Å². The molecule has 2 atom stereocenters. The van der Waals surface area contributed by atoms with E-state index in [2.05, 4.69) is 5.32 Å². The van der Waals surface area contributed by atoms with Crippen LogP contribution in [0.5, 0.6) is 0 Å². The number of hydrogen-bond acceptors (Lipinski definition) is 3. The first-order chi connectivity index (χ1) is 8.85. The zero-order chi connectivity index (χ0) is 14.5. The molecule has 0 saturated heterocycles. The molecule has 0 bridgehead atoms. The molecule has 0 saturated carbocycles. The monoisotopic (exact) mass is 303 g/mol. The first-order valence-corrected chi connectivity index (χ1v) is 8.64. The van der Waals surface area contributed by atoms with Gasteiger partial charge in [-0.05, 0) is 44.5 Å². The number of halogens is 1. The van der Waals surface area contributed by atoms with Crippen LogP contribution in [-0.2, 0) is 15.6 Å². The highest BCUT2D eigenvalue weighted by Crippen LogP contribution is 2.17. The maximum atomic E-state index is 12.3. The molecule has 0 spiro atoms. The van der Waals surface area contributed by atoms with Crippen molar-refractivity contribution in [1.29, 1.82) is 0 Å². The van der Waals surface area contributed by atoms with Crippen LogP contribution in [0.25, 0.3) is 0 Å². The van der Waals surface area contributed by atoms with E-state index < -0.39 is 9.84 Å². The summed E-state index contributed by atoms with van der Waals surface area (Å²) in [5.74, 6) is 0.0736. The van der Waals surface area contributed by atoms with Crippen LogP contribution >= 0.6 is 11.6 Å². The third-order valence-electron chi connectivity index (χ3n) is 3.13. The van der Waals surface area contributed by atoms with Crippen molar-refractivity contribution < 1.29 is 8.42 Å². The van der Waals surface area contributed by atoms with Crippen molar-refractivity contribution in [2.75, 3.05) is 6.54 Å². The van der Waals surface area contributed by atoms with E-state index in [0.29, 0.717) is 11.4 Å². The molecule has 0 aliphatic rings. The molecule has 19 heavy (non-hydrogen) atoms. The Morgan fingerprint density at radius 1 is 1.21 bits per heavy atom. The van der Waals surface area contributed by atoms with Gasteiger partial charge >= 0.3 is 0 Å². The molecule has 1 N–H and O–H groups in total. The van der Waals surface area contributed by atoms with Gasteiger partial charge in [-0.2, -0.15) is 0 Å². The Labute approximate surface area is 121 Å². The Kier molecular flexibility index (Phi) is 6.30. The van der Waals surface area contributed by atoms with Gasteiger partial charge in [0.1, 0.15) is 0 Å². The Balaban J connectivity index is 2.67. The zero-order valence-electron chi connectivity index (χ0n) is 11.7. The molecule has 3 nitrogen and oxygen atoms in total. The van der Waals surface area contributed by atoms with E-state index in [1.54, 1.807) is 31.2 Å². The Morgan fingerprint density at radius 3 is 2.32 bits per heavy atom. The third kappa shape index (κ3) is 5.51. The lowest BCUT2D eigenvalue weighted by Crippen LogP contribution is -2.32. The van der Waals surface area contributed by atoms with Crippen LogP contribution in [0.2, 0.25) is 5.02 Å². The SMILES string of the molecule is CCNC(C)CC(C)S(=O)(=O)Cc1ccc(Cl)cc1. The van der Waals surface area contributed by atoms with E-state index in [0.717, 1.165) is 12.1 Å². The van der Waals surface area contributed by atoms with Crippen molar-refractivity contribution in [3.8, 4) is 0 Å². The highest BCUT2D eigenvalue weighted by molar-refractivity contribution is 7.91. The fourth-order valence-corrected chi connectivity index (χ4v) is 3.68. The van der Waals surface area contributed by atoms with E-state index in [4.69, 9.17) is 11.6 Å². The van der Waals surface area contributed by atoms with Crippen LogP contribution in [-0.4, -0.2) is 26.3 Å². The summed E-state index contributed by atoms with van der Waals surface area (Å²) in [5, 5.41) is 3.51. The second kappa shape index (κ2) is 7.27. The number of benzene rings is 1. The highest BCUT2D eigenvalue weighted by atomic mass is 35.5. The molecular weight excluding hydrogens is 282 g/mol. The topological polar surface area (TPSA) is 46.2 Å². The lowest BCUT2D eigenvalue weighted by atomic mass is 10.2.